The largest absolute Gasteiger partial charge is 0.307 e. The molecule has 2 fully saturated rings. The van der Waals surface area contributed by atoms with E-state index in [1.807, 2.05) is 12.1 Å². The molecule has 1 aromatic carbocycles. The number of piperazine rings is 1. The molecule has 1 aromatic rings. The molecule has 1 saturated carbocycles. The quantitative estimate of drug-likeness (QED) is 0.815. The van der Waals surface area contributed by atoms with Crippen LogP contribution in [0.3, 0.4) is 0 Å². The van der Waals surface area contributed by atoms with E-state index in [4.69, 9.17) is 11.6 Å². The van der Waals surface area contributed by atoms with Gasteiger partial charge in [-0.1, -0.05) is 23.7 Å². The van der Waals surface area contributed by atoms with Crippen LogP contribution in [0, 0.1) is 0 Å². The minimum atomic E-state index is 0.243. The first kappa shape index (κ1) is 15.3. The Morgan fingerprint density at radius 1 is 1.10 bits per heavy atom. The van der Waals surface area contributed by atoms with Crippen LogP contribution in [0.5, 0.6) is 0 Å². The molecule has 1 heterocycles. The van der Waals surface area contributed by atoms with Gasteiger partial charge in [0.1, 0.15) is 0 Å². The highest BCUT2D eigenvalue weighted by Crippen LogP contribution is 2.45. The topological polar surface area (TPSA) is 18.5 Å². The zero-order valence-electron chi connectivity index (χ0n) is 12.9. The van der Waals surface area contributed by atoms with E-state index in [1.165, 1.54) is 57.5 Å². The first-order valence-corrected chi connectivity index (χ1v) is 8.48. The van der Waals surface area contributed by atoms with Gasteiger partial charge in [0.25, 0.3) is 0 Å². The average molecular weight is 308 g/mol. The highest BCUT2D eigenvalue weighted by Gasteiger charge is 2.43. The lowest BCUT2D eigenvalue weighted by Gasteiger charge is -2.32. The maximum Gasteiger partial charge on any atom is 0.0436 e. The fraction of sp³-hybridized carbons (Fsp3) is 0.647. The molecule has 0 amide bonds. The fourth-order valence-electron chi connectivity index (χ4n) is 3.16. The minimum Gasteiger partial charge on any atom is -0.307 e. The van der Waals surface area contributed by atoms with Crippen molar-refractivity contribution in [1.82, 2.24) is 15.1 Å². The van der Waals surface area contributed by atoms with Crippen molar-refractivity contribution in [3.8, 4) is 0 Å². The molecular weight excluding hydrogens is 282 g/mol. The standard InChI is InChI=1S/C17H26ClN3/c1-20-11-13-21(14-12-20)10-2-9-19-17(7-8-17)15-3-5-16(18)6-4-15/h3-6,19H,2,7-14H2,1H3. The molecule has 21 heavy (non-hydrogen) atoms. The first-order chi connectivity index (χ1) is 10.2. The van der Waals surface area contributed by atoms with Gasteiger partial charge in [-0.2, -0.15) is 0 Å². The van der Waals surface area contributed by atoms with E-state index in [0.717, 1.165) is 11.6 Å². The second-order valence-corrected chi connectivity index (χ2v) is 6.95. The minimum absolute atomic E-state index is 0.243. The SMILES string of the molecule is CN1CCN(CCCNC2(c3ccc(Cl)cc3)CC2)CC1. The van der Waals surface area contributed by atoms with Crippen molar-refractivity contribution < 1.29 is 0 Å². The highest BCUT2D eigenvalue weighted by molar-refractivity contribution is 6.30. The van der Waals surface area contributed by atoms with Crippen molar-refractivity contribution in [2.75, 3.05) is 46.3 Å². The molecule has 0 aromatic heterocycles. The third-order valence-corrected chi connectivity index (χ3v) is 5.11. The van der Waals surface area contributed by atoms with Gasteiger partial charge >= 0.3 is 0 Å². The summed E-state index contributed by atoms with van der Waals surface area (Å²) in [4.78, 5) is 5.00. The van der Waals surface area contributed by atoms with Crippen LogP contribution in [0.1, 0.15) is 24.8 Å². The molecule has 0 unspecified atom stereocenters. The van der Waals surface area contributed by atoms with Crippen molar-refractivity contribution in [3.05, 3.63) is 34.9 Å². The summed E-state index contributed by atoms with van der Waals surface area (Å²) >= 11 is 5.98. The highest BCUT2D eigenvalue weighted by atomic mass is 35.5. The normalized spacial score (nSPS) is 22.4. The molecule has 3 nitrogen and oxygen atoms in total. The molecule has 1 saturated heterocycles. The summed E-state index contributed by atoms with van der Waals surface area (Å²) in [7, 11) is 2.21. The molecule has 116 valence electrons. The summed E-state index contributed by atoms with van der Waals surface area (Å²) < 4.78 is 0. The number of benzene rings is 1. The summed E-state index contributed by atoms with van der Waals surface area (Å²) in [5.41, 5.74) is 1.64. The molecule has 3 rings (SSSR count). The number of hydrogen-bond donors (Lipinski definition) is 1. The Labute approximate surface area is 133 Å². The fourth-order valence-corrected chi connectivity index (χ4v) is 3.29. The van der Waals surface area contributed by atoms with Crippen molar-refractivity contribution in [1.29, 1.82) is 0 Å². The molecule has 1 aliphatic heterocycles. The van der Waals surface area contributed by atoms with Gasteiger partial charge in [0.15, 0.2) is 0 Å². The maximum atomic E-state index is 5.98. The molecule has 0 radical (unpaired) electrons. The lowest BCUT2D eigenvalue weighted by atomic mass is 10.1. The monoisotopic (exact) mass is 307 g/mol. The van der Waals surface area contributed by atoms with Crippen molar-refractivity contribution in [2.45, 2.75) is 24.8 Å². The van der Waals surface area contributed by atoms with Gasteiger partial charge in [0, 0.05) is 36.7 Å². The average Bonchev–Trinajstić information content (AvgIpc) is 3.27. The molecule has 0 spiro atoms. The molecule has 1 aliphatic carbocycles. The summed E-state index contributed by atoms with van der Waals surface area (Å²) in [6.45, 7) is 7.19. The summed E-state index contributed by atoms with van der Waals surface area (Å²) in [5, 5.41) is 4.60. The predicted octanol–water partition coefficient (Wildman–Crippen LogP) is 2.56. The zero-order valence-corrected chi connectivity index (χ0v) is 13.7. The Hall–Kier alpha value is -0.610. The van der Waals surface area contributed by atoms with Gasteiger partial charge < -0.3 is 15.1 Å². The Morgan fingerprint density at radius 2 is 1.76 bits per heavy atom. The van der Waals surface area contributed by atoms with Crippen LogP contribution in [-0.2, 0) is 5.54 Å². The number of nitrogens with zero attached hydrogens (tertiary/aromatic N) is 2. The van der Waals surface area contributed by atoms with Crippen LogP contribution in [0.25, 0.3) is 0 Å². The van der Waals surface area contributed by atoms with Gasteiger partial charge in [-0.25, -0.2) is 0 Å². The van der Waals surface area contributed by atoms with Crippen molar-refractivity contribution in [2.24, 2.45) is 0 Å². The summed E-state index contributed by atoms with van der Waals surface area (Å²) in [5.74, 6) is 0. The number of likely N-dealkylation sites (N-methyl/N-ethyl adjacent to an activating group) is 1. The van der Waals surface area contributed by atoms with Crippen LogP contribution >= 0.6 is 11.6 Å². The lowest BCUT2D eigenvalue weighted by Crippen LogP contribution is -2.45. The Bertz CT molecular complexity index is 448. The van der Waals surface area contributed by atoms with Gasteiger partial charge in [0.05, 0.1) is 0 Å². The van der Waals surface area contributed by atoms with Crippen LogP contribution in [0.4, 0.5) is 0 Å². The van der Waals surface area contributed by atoms with E-state index in [1.54, 1.807) is 0 Å². The second-order valence-electron chi connectivity index (χ2n) is 6.51. The smallest absolute Gasteiger partial charge is 0.0436 e. The van der Waals surface area contributed by atoms with Gasteiger partial charge in [-0.05, 0) is 57.1 Å². The lowest BCUT2D eigenvalue weighted by molar-refractivity contribution is 0.152. The van der Waals surface area contributed by atoms with Crippen molar-refractivity contribution in [3.63, 3.8) is 0 Å². The van der Waals surface area contributed by atoms with Gasteiger partial charge in [-0.15, -0.1) is 0 Å². The molecule has 2 aliphatic rings. The Morgan fingerprint density at radius 3 is 2.38 bits per heavy atom. The predicted molar refractivity (Wildman–Crippen MR) is 88.9 cm³/mol. The van der Waals surface area contributed by atoms with E-state index in [-0.39, 0.29) is 5.54 Å². The molecule has 0 bridgehead atoms. The third kappa shape index (κ3) is 3.98. The van der Waals surface area contributed by atoms with Gasteiger partial charge in [-0.3, -0.25) is 0 Å². The van der Waals surface area contributed by atoms with E-state index in [9.17, 15) is 0 Å². The summed E-state index contributed by atoms with van der Waals surface area (Å²) in [6, 6.07) is 8.34. The van der Waals surface area contributed by atoms with Crippen molar-refractivity contribution >= 4 is 11.6 Å². The number of rotatable bonds is 6. The van der Waals surface area contributed by atoms with Gasteiger partial charge in [0.2, 0.25) is 0 Å². The van der Waals surface area contributed by atoms with Crippen LogP contribution in [0.2, 0.25) is 5.02 Å². The molecular formula is C17H26ClN3. The van der Waals surface area contributed by atoms with Crippen LogP contribution in [-0.4, -0.2) is 56.1 Å². The molecule has 1 N–H and O–H groups in total. The first-order valence-electron chi connectivity index (χ1n) is 8.10. The van der Waals surface area contributed by atoms with E-state index < -0.39 is 0 Å². The second kappa shape index (κ2) is 6.66. The van der Waals surface area contributed by atoms with E-state index in [0.29, 0.717) is 0 Å². The number of nitrogens with one attached hydrogen (secondary N) is 1. The molecule has 4 heteroatoms. The van der Waals surface area contributed by atoms with E-state index in [2.05, 4.69) is 34.3 Å². The Kier molecular flexibility index (Phi) is 4.85. The number of halogens is 1. The van der Waals surface area contributed by atoms with Crippen LogP contribution < -0.4 is 5.32 Å². The molecule has 0 atom stereocenters. The third-order valence-electron chi connectivity index (χ3n) is 4.86. The number of hydrogen-bond acceptors (Lipinski definition) is 3. The maximum absolute atomic E-state index is 5.98. The van der Waals surface area contributed by atoms with Crippen LogP contribution in [0.15, 0.2) is 24.3 Å². The zero-order chi connectivity index (χ0) is 14.7. The van der Waals surface area contributed by atoms with E-state index >= 15 is 0 Å². The Balaban J connectivity index is 1.40. The summed E-state index contributed by atoms with van der Waals surface area (Å²) in [6.07, 6.45) is 3.74.